The van der Waals surface area contributed by atoms with Gasteiger partial charge in [0.2, 0.25) is 16.0 Å². The first-order valence-electron chi connectivity index (χ1n) is 6.67. The van der Waals surface area contributed by atoms with E-state index in [-0.39, 0.29) is 12.0 Å². The molecular formula is C12H17F3N4O2S. The van der Waals surface area contributed by atoms with Crippen LogP contribution in [0.4, 0.5) is 19.1 Å². The zero-order chi connectivity index (χ0) is 16.5. The zero-order valence-corrected chi connectivity index (χ0v) is 13.0. The van der Waals surface area contributed by atoms with Crippen molar-refractivity contribution in [3.8, 4) is 0 Å². The highest BCUT2D eigenvalue weighted by atomic mass is 32.2. The molecule has 0 bridgehead atoms. The van der Waals surface area contributed by atoms with E-state index in [1.807, 2.05) is 0 Å². The Balaban J connectivity index is 2.06. The van der Waals surface area contributed by atoms with Crippen LogP contribution in [-0.4, -0.2) is 55.1 Å². The molecule has 0 atom stereocenters. The van der Waals surface area contributed by atoms with Crippen LogP contribution in [-0.2, 0) is 16.2 Å². The molecule has 0 amide bonds. The Morgan fingerprint density at radius 1 is 1.32 bits per heavy atom. The van der Waals surface area contributed by atoms with Crippen molar-refractivity contribution in [2.45, 2.75) is 25.1 Å². The Morgan fingerprint density at radius 2 is 1.91 bits per heavy atom. The van der Waals surface area contributed by atoms with Gasteiger partial charge in [-0.1, -0.05) is 0 Å². The van der Waals surface area contributed by atoms with Gasteiger partial charge in [-0.05, 0) is 18.9 Å². The molecular weight excluding hydrogens is 321 g/mol. The fourth-order valence-corrected chi connectivity index (χ4v) is 3.11. The van der Waals surface area contributed by atoms with Crippen LogP contribution in [0.3, 0.4) is 0 Å². The number of sulfonamides is 1. The summed E-state index contributed by atoms with van der Waals surface area (Å²) in [6.45, 7) is 0.817. The number of rotatable bonds is 3. The number of nitrogens with zero attached hydrogens (tertiary/aromatic N) is 4. The van der Waals surface area contributed by atoms with Crippen LogP contribution in [0.25, 0.3) is 0 Å². The van der Waals surface area contributed by atoms with Gasteiger partial charge in [0.1, 0.15) is 5.69 Å². The first kappa shape index (κ1) is 16.9. The summed E-state index contributed by atoms with van der Waals surface area (Å²) < 4.78 is 62.3. The third-order valence-electron chi connectivity index (χ3n) is 3.72. The van der Waals surface area contributed by atoms with Crippen LogP contribution in [0, 0.1) is 0 Å². The van der Waals surface area contributed by atoms with Crippen molar-refractivity contribution in [2.24, 2.45) is 0 Å². The molecule has 10 heteroatoms. The summed E-state index contributed by atoms with van der Waals surface area (Å²) in [5.74, 6) is 0.0234. The van der Waals surface area contributed by atoms with Crippen molar-refractivity contribution < 1.29 is 21.6 Å². The standard InChI is InChI=1S/C12H17F3N4O2S/c1-18(22(2,20)21)9-4-7-19(8-5-9)11-16-6-3-10(17-11)12(13,14)15/h3,6,9H,4-5,7-8H2,1-2H3. The van der Waals surface area contributed by atoms with Gasteiger partial charge in [0.15, 0.2) is 0 Å². The van der Waals surface area contributed by atoms with Gasteiger partial charge in [-0.25, -0.2) is 22.7 Å². The number of anilines is 1. The van der Waals surface area contributed by atoms with E-state index >= 15 is 0 Å². The number of piperidine rings is 1. The molecule has 1 fully saturated rings. The lowest BCUT2D eigenvalue weighted by Gasteiger charge is -2.35. The summed E-state index contributed by atoms with van der Waals surface area (Å²) in [4.78, 5) is 9.06. The maximum Gasteiger partial charge on any atom is 0.433 e. The summed E-state index contributed by atoms with van der Waals surface area (Å²) in [6, 6.07) is 0.672. The fourth-order valence-electron chi connectivity index (χ4n) is 2.36. The van der Waals surface area contributed by atoms with Crippen LogP contribution in [0.2, 0.25) is 0 Å². The summed E-state index contributed by atoms with van der Waals surface area (Å²) in [5, 5.41) is 0. The van der Waals surface area contributed by atoms with E-state index in [1.165, 1.54) is 11.4 Å². The van der Waals surface area contributed by atoms with E-state index < -0.39 is 21.9 Å². The van der Waals surface area contributed by atoms with Gasteiger partial charge in [-0.2, -0.15) is 13.2 Å². The van der Waals surface area contributed by atoms with Crippen molar-refractivity contribution in [1.29, 1.82) is 0 Å². The van der Waals surface area contributed by atoms with Crippen LogP contribution in [0.15, 0.2) is 12.3 Å². The second-order valence-electron chi connectivity index (χ2n) is 5.24. The second kappa shape index (κ2) is 5.99. The van der Waals surface area contributed by atoms with Crippen LogP contribution < -0.4 is 4.90 Å². The van der Waals surface area contributed by atoms with Crippen LogP contribution in [0.5, 0.6) is 0 Å². The number of hydrogen-bond acceptors (Lipinski definition) is 5. The molecule has 2 heterocycles. The summed E-state index contributed by atoms with van der Waals surface area (Å²) in [7, 11) is -1.77. The Bertz CT molecular complexity index is 628. The maximum atomic E-state index is 12.7. The van der Waals surface area contributed by atoms with Crippen LogP contribution in [0.1, 0.15) is 18.5 Å². The largest absolute Gasteiger partial charge is 0.433 e. The van der Waals surface area contributed by atoms with Gasteiger partial charge in [-0.3, -0.25) is 0 Å². The highest BCUT2D eigenvalue weighted by molar-refractivity contribution is 7.88. The average molecular weight is 338 g/mol. The van der Waals surface area contributed by atoms with E-state index in [2.05, 4.69) is 9.97 Å². The molecule has 1 aromatic heterocycles. The monoisotopic (exact) mass is 338 g/mol. The smallest absolute Gasteiger partial charge is 0.341 e. The van der Waals surface area contributed by atoms with Gasteiger partial charge in [-0.15, -0.1) is 0 Å². The minimum absolute atomic E-state index is 0.0234. The summed E-state index contributed by atoms with van der Waals surface area (Å²) in [5.41, 5.74) is -0.979. The Kier molecular flexibility index (Phi) is 4.62. The highest BCUT2D eigenvalue weighted by Crippen LogP contribution is 2.29. The molecule has 0 saturated carbocycles. The normalized spacial score (nSPS) is 18.0. The molecule has 0 aromatic carbocycles. The molecule has 0 radical (unpaired) electrons. The molecule has 124 valence electrons. The molecule has 0 aliphatic carbocycles. The zero-order valence-electron chi connectivity index (χ0n) is 12.2. The van der Waals surface area contributed by atoms with Crippen molar-refractivity contribution >= 4 is 16.0 Å². The molecule has 2 rings (SSSR count). The Hall–Kier alpha value is -1.42. The first-order chi connectivity index (χ1) is 10.1. The van der Waals surface area contributed by atoms with Gasteiger partial charge >= 0.3 is 6.18 Å². The Morgan fingerprint density at radius 3 is 2.41 bits per heavy atom. The minimum atomic E-state index is -4.51. The number of aromatic nitrogens is 2. The lowest BCUT2D eigenvalue weighted by Crippen LogP contribution is -2.45. The van der Waals surface area contributed by atoms with Gasteiger partial charge in [0, 0.05) is 32.4 Å². The highest BCUT2D eigenvalue weighted by Gasteiger charge is 2.34. The van der Waals surface area contributed by atoms with Gasteiger partial charge in [0.25, 0.3) is 0 Å². The van der Waals surface area contributed by atoms with E-state index in [9.17, 15) is 21.6 Å². The quantitative estimate of drug-likeness (QED) is 0.832. The molecule has 1 saturated heterocycles. The molecule has 6 nitrogen and oxygen atoms in total. The van der Waals surface area contributed by atoms with Crippen molar-refractivity contribution in [2.75, 3.05) is 31.3 Å². The van der Waals surface area contributed by atoms with Crippen molar-refractivity contribution in [3.63, 3.8) is 0 Å². The molecule has 1 aliphatic rings. The molecule has 22 heavy (non-hydrogen) atoms. The fraction of sp³-hybridized carbons (Fsp3) is 0.667. The topological polar surface area (TPSA) is 66.4 Å². The average Bonchev–Trinajstić information content (AvgIpc) is 2.45. The molecule has 0 unspecified atom stereocenters. The number of hydrogen-bond donors (Lipinski definition) is 0. The van der Waals surface area contributed by atoms with Gasteiger partial charge in [0.05, 0.1) is 6.26 Å². The number of halogens is 3. The SMILES string of the molecule is CN(C1CCN(c2nccc(C(F)(F)F)n2)CC1)S(C)(=O)=O. The van der Waals surface area contributed by atoms with Crippen molar-refractivity contribution in [1.82, 2.24) is 14.3 Å². The third kappa shape index (κ3) is 3.86. The minimum Gasteiger partial charge on any atom is -0.341 e. The van der Waals surface area contributed by atoms with Gasteiger partial charge < -0.3 is 4.90 Å². The molecule has 0 spiro atoms. The van der Waals surface area contributed by atoms with Crippen LogP contribution >= 0.6 is 0 Å². The molecule has 1 aliphatic heterocycles. The van der Waals surface area contributed by atoms with Crippen molar-refractivity contribution in [3.05, 3.63) is 18.0 Å². The lowest BCUT2D eigenvalue weighted by atomic mass is 10.1. The third-order valence-corrected chi connectivity index (χ3v) is 5.06. The predicted molar refractivity (Wildman–Crippen MR) is 74.9 cm³/mol. The molecule has 0 N–H and O–H groups in total. The summed E-state index contributed by atoms with van der Waals surface area (Å²) in [6.07, 6.45) is -1.26. The second-order valence-corrected chi connectivity index (χ2v) is 7.28. The first-order valence-corrected chi connectivity index (χ1v) is 8.52. The lowest BCUT2D eigenvalue weighted by molar-refractivity contribution is -0.141. The summed E-state index contributed by atoms with van der Waals surface area (Å²) >= 11 is 0. The maximum absolute atomic E-state index is 12.7. The van der Waals surface area contributed by atoms with E-state index in [0.29, 0.717) is 25.9 Å². The predicted octanol–water partition coefficient (Wildman–Crippen LogP) is 1.36. The Labute approximate surface area is 127 Å². The van der Waals surface area contributed by atoms with E-state index in [0.717, 1.165) is 18.5 Å². The number of alkyl halides is 3. The van der Waals surface area contributed by atoms with E-state index in [4.69, 9.17) is 0 Å². The van der Waals surface area contributed by atoms with E-state index in [1.54, 1.807) is 4.90 Å². The molecule has 1 aromatic rings.